The molecule has 6 heteroatoms. The van der Waals surface area contributed by atoms with Crippen LogP contribution >= 0.6 is 0 Å². The molecule has 0 radical (unpaired) electrons. The Morgan fingerprint density at radius 2 is 1.95 bits per heavy atom. The van der Waals surface area contributed by atoms with Crippen LogP contribution in [0.25, 0.3) is 0 Å². The lowest BCUT2D eigenvalue weighted by Crippen LogP contribution is -2.39. The zero-order valence-corrected chi connectivity index (χ0v) is 11.9. The highest BCUT2D eigenvalue weighted by Crippen LogP contribution is 2.06. The van der Waals surface area contributed by atoms with Crippen molar-refractivity contribution in [3.63, 3.8) is 0 Å². The summed E-state index contributed by atoms with van der Waals surface area (Å²) in [6.07, 6.45) is 0.440. The van der Waals surface area contributed by atoms with Crippen molar-refractivity contribution in [3.05, 3.63) is 35.4 Å². The number of carbonyl (C=O) groups excluding carboxylic acids is 3. The Labute approximate surface area is 123 Å². The molecule has 1 aromatic carbocycles. The topological polar surface area (TPSA) is 87.3 Å². The monoisotopic (exact) mass is 289 g/mol. The minimum absolute atomic E-state index is 0.0157. The summed E-state index contributed by atoms with van der Waals surface area (Å²) in [5.41, 5.74) is 1.60. The molecule has 1 aromatic rings. The molecule has 21 heavy (non-hydrogen) atoms. The first-order chi connectivity index (χ1) is 10.0. The van der Waals surface area contributed by atoms with E-state index >= 15 is 0 Å². The highest BCUT2D eigenvalue weighted by molar-refractivity contribution is 5.96. The molecule has 1 aliphatic heterocycles. The van der Waals surface area contributed by atoms with Gasteiger partial charge in [0.2, 0.25) is 11.8 Å². The van der Waals surface area contributed by atoms with E-state index in [9.17, 15) is 14.4 Å². The van der Waals surface area contributed by atoms with Crippen LogP contribution in [-0.2, 0) is 9.59 Å². The average molecular weight is 289 g/mol. The van der Waals surface area contributed by atoms with Gasteiger partial charge in [-0.2, -0.15) is 0 Å². The third-order valence-corrected chi connectivity index (χ3v) is 3.37. The van der Waals surface area contributed by atoms with Crippen LogP contribution in [0.4, 0.5) is 0 Å². The molecule has 112 valence electrons. The van der Waals surface area contributed by atoms with Gasteiger partial charge in [0.25, 0.3) is 5.91 Å². The predicted octanol–water partition coefficient (Wildman–Crippen LogP) is -0.0229. The highest BCUT2D eigenvalue weighted by atomic mass is 16.2. The van der Waals surface area contributed by atoms with E-state index in [1.165, 1.54) is 0 Å². The van der Waals surface area contributed by atoms with E-state index in [1.807, 2.05) is 19.1 Å². The maximum atomic E-state index is 11.8. The molecule has 1 heterocycles. The van der Waals surface area contributed by atoms with Gasteiger partial charge < -0.3 is 16.0 Å². The van der Waals surface area contributed by atoms with Gasteiger partial charge in [0, 0.05) is 31.0 Å². The molecular weight excluding hydrogens is 270 g/mol. The van der Waals surface area contributed by atoms with Crippen LogP contribution in [0, 0.1) is 12.8 Å². The second-order valence-corrected chi connectivity index (χ2v) is 5.23. The van der Waals surface area contributed by atoms with Gasteiger partial charge >= 0.3 is 0 Å². The zero-order chi connectivity index (χ0) is 15.2. The number of amides is 3. The quantitative estimate of drug-likeness (QED) is 0.712. The molecule has 3 N–H and O–H groups in total. The first-order valence-corrected chi connectivity index (χ1v) is 6.93. The fraction of sp³-hybridized carbons (Fsp3) is 0.400. The van der Waals surface area contributed by atoms with Crippen molar-refractivity contribution in [2.75, 3.05) is 19.6 Å². The van der Waals surface area contributed by atoms with Gasteiger partial charge in [0.05, 0.1) is 6.54 Å². The minimum atomic E-state index is -0.275. The standard InChI is InChI=1S/C15H19N3O3/c1-10-2-4-12(5-3-10)15(21)18-9-14(20)17-8-11-6-13(19)16-7-11/h2-5,11H,6-9H2,1H3,(H,16,19)(H,17,20)(H,18,21). The van der Waals surface area contributed by atoms with Crippen LogP contribution < -0.4 is 16.0 Å². The maximum Gasteiger partial charge on any atom is 0.251 e. The van der Waals surface area contributed by atoms with Gasteiger partial charge in [-0.25, -0.2) is 0 Å². The van der Waals surface area contributed by atoms with Gasteiger partial charge in [0.15, 0.2) is 0 Å². The van der Waals surface area contributed by atoms with Crippen molar-refractivity contribution < 1.29 is 14.4 Å². The summed E-state index contributed by atoms with van der Waals surface area (Å²) in [5.74, 6) is -0.381. The Morgan fingerprint density at radius 3 is 2.57 bits per heavy atom. The second-order valence-electron chi connectivity index (χ2n) is 5.23. The van der Waals surface area contributed by atoms with Crippen LogP contribution in [0.1, 0.15) is 22.3 Å². The van der Waals surface area contributed by atoms with Crippen molar-refractivity contribution >= 4 is 17.7 Å². The molecule has 1 unspecified atom stereocenters. The van der Waals surface area contributed by atoms with E-state index in [-0.39, 0.29) is 30.2 Å². The van der Waals surface area contributed by atoms with Crippen LogP contribution in [0.15, 0.2) is 24.3 Å². The molecule has 1 saturated heterocycles. The molecule has 0 bridgehead atoms. The number of hydrogen-bond acceptors (Lipinski definition) is 3. The summed E-state index contributed by atoms with van der Waals surface area (Å²) in [5, 5.41) is 7.99. The Bertz CT molecular complexity index is 540. The number of rotatable bonds is 5. The summed E-state index contributed by atoms with van der Waals surface area (Å²) in [6, 6.07) is 7.13. The summed E-state index contributed by atoms with van der Waals surface area (Å²) in [6.45, 7) is 2.91. The van der Waals surface area contributed by atoms with Crippen LogP contribution in [0.2, 0.25) is 0 Å². The van der Waals surface area contributed by atoms with Gasteiger partial charge in [-0.1, -0.05) is 17.7 Å². The van der Waals surface area contributed by atoms with Crippen molar-refractivity contribution in [1.29, 1.82) is 0 Å². The normalized spacial score (nSPS) is 17.2. The summed E-state index contributed by atoms with van der Waals surface area (Å²) >= 11 is 0. The van der Waals surface area contributed by atoms with Crippen LogP contribution in [-0.4, -0.2) is 37.4 Å². The number of aryl methyl sites for hydroxylation is 1. The molecule has 1 fully saturated rings. The molecule has 1 aliphatic rings. The van der Waals surface area contributed by atoms with Crippen molar-refractivity contribution in [2.45, 2.75) is 13.3 Å². The van der Waals surface area contributed by atoms with Crippen LogP contribution in [0.5, 0.6) is 0 Å². The number of carbonyl (C=O) groups is 3. The smallest absolute Gasteiger partial charge is 0.251 e. The molecule has 0 spiro atoms. The van der Waals surface area contributed by atoms with E-state index in [1.54, 1.807) is 12.1 Å². The van der Waals surface area contributed by atoms with Gasteiger partial charge in [-0.15, -0.1) is 0 Å². The largest absolute Gasteiger partial charge is 0.356 e. The third kappa shape index (κ3) is 4.59. The number of nitrogens with one attached hydrogen (secondary N) is 3. The van der Waals surface area contributed by atoms with Crippen molar-refractivity contribution in [2.24, 2.45) is 5.92 Å². The van der Waals surface area contributed by atoms with Gasteiger partial charge in [-0.3, -0.25) is 14.4 Å². The van der Waals surface area contributed by atoms with Gasteiger partial charge in [0.1, 0.15) is 0 Å². The molecule has 2 rings (SSSR count). The second kappa shape index (κ2) is 6.88. The number of benzene rings is 1. The SMILES string of the molecule is Cc1ccc(C(=O)NCC(=O)NCC2CNC(=O)C2)cc1. The lowest BCUT2D eigenvalue weighted by Gasteiger charge is -2.10. The zero-order valence-electron chi connectivity index (χ0n) is 11.9. The first kappa shape index (κ1) is 15.0. The van der Waals surface area contributed by atoms with E-state index in [0.29, 0.717) is 25.1 Å². The lowest BCUT2D eigenvalue weighted by molar-refractivity contribution is -0.121. The van der Waals surface area contributed by atoms with Crippen LogP contribution in [0.3, 0.4) is 0 Å². The molecule has 1 atom stereocenters. The summed E-state index contributed by atoms with van der Waals surface area (Å²) in [7, 11) is 0. The van der Waals surface area contributed by atoms with Gasteiger partial charge in [-0.05, 0) is 19.1 Å². The van der Waals surface area contributed by atoms with E-state index in [2.05, 4.69) is 16.0 Å². The third-order valence-electron chi connectivity index (χ3n) is 3.37. The Morgan fingerprint density at radius 1 is 1.24 bits per heavy atom. The molecule has 0 aliphatic carbocycles. The molecule has 3 amide bonds. The predicted molar refractivity (Wildman–Crippen MR) is 77.6 cm³/mol. The lowest BCUT2D eigenvalue weighted by atomic mass is 10.1. The Hall–Kier alpha value is -2.37. The molecule has 6 nitrogen and oxygen atoms in total. The summed E-state index contributed by atoms with van der Waals surface area (Å²) < 4.78 is 0. The van der Waals surface area contributed by atoms with E-state index < -0.39 is 0 Å². The Kier molecular flexibility index (Phi) is 4.92. The summed E-state index contributed by atoms with van der Waals surface area (Å²) in [4.78, 5) is 34.5. The highest BCUT2D eigenvalue weighted by Gasteiger charge is 2.21. The van der Waals surface area contributed by atoms with Crippen molar-refractivity contribution in [3.8, 4) is 0 Å². The minimum Gasteiger partial charge on any atom is -0.356 e. The molecule has 0 aromatic heterocycles. The van der Waals surface area contributed by atoms with E-state index in [0.717, 1.165) is 5.56 Å². The fourth-order valence-corrected chi connectivity index (χ4v) is 2.10. The molecule has 0 saturated carbocycles. The van der Waals surface area contributed by atoms with E-state index in [4.69, 9.17) is 0 Å². The average Bonchev–Trinajstić information content (AvgIpc) is 2.89. The first-order valence-electron chi connectivity index (χ1n) is 6.93. The number of hydrogen-bond donors (Lipinski definition) is 3. The van der Waals surface area contributed by atoms with Crippen molar-refractivity contribution in [1.82, 2.24) is 16.0 Å². The maximum absolute atomic E-state index is 11.8. The fourth-order valence-electron chi connectivity index (χ4n) is 2.10. The Balaban J connectivity index is 1.69. The molecular formula is C15H19N3O3.